The van der Waals surface area contributed by atoms with E-state index in [9.17, 15) is 0 Å². The van der Waals surface area contributed by atoms with E-state index >= 15 is 0 Å². The highest BCUT2D eigenvalue weighted by atomic mass is 35.5. The van der Waals surface area contributed by atoms with Crippen LogP contribution in [-0.4, -0.2) is 17.6 Å². The van der Waals surface area contributed by atoms with Crippen LogP contribution in [-0.2, 0) is 10.3 Å². The summed E-state index contributed by atoms with van der Waals surface area (Å²) >= 11 is 7.95. The molecule has 0 fully saturated rings. The number of hydrogen-bond donors (Lipinski definition) is 1. The van der Waals surface area contributed by atoms with Crippen molar-refractivity contribution in [1.29, 1.82) is 5.26 Å². The molecule has 0 aliphatic carbocycles. The minimum atomic E-state index is -0.484. The van der Waals surface area contributed by atoms with Gasteiger partial charge in [-0.2, -0.15) is 5.26 Å². The molecule has 2 aromatic heterocycles. The van der Waals surface area contributed by atoms with Gasteiger partial charge in [0.2, 0.25) is 0 Å². The number of amidine groups is 1. The number of aromatic nitrogens is 1. The molecule has 0 spiro atoms. The number of pyridine rings is 1. The fourth-order valence-electron chi connectivity index (χ4n) is 2.36. The second-order valence-electron chi connectivity index (χ2n) is 5.18. The molecular formula is C15H13ClN4OS. The minimum Gasteiger partial charge on any atom is -0.465 e. The highest BCUT2D eigenvalue weighted by Crippen LogP contribution is 2.44. The first-order chi connectivity index (χ1) is 10.5. The Hall–Kier alpha value is -2.10. The standard InChI is InChI=1S/C15H13ClN4OS/c1-15(2-3-21-14(18)20-15)13-11(16)5-12(22-13)10-4-9(6-17)7-19-8-10/h4-5,7-8H,2-3H2,1H3,(H2,18,20)/t15-/m0/s1. The molecule has 5 nitrogen and oxygen atoms in total. The third-order valence-corrected chi connectivity index (χ3v) is 5.37. The maximum absolute atomic E-state index is 8.98. The maximum atomic E-state index is 8.98. The molecule has 0 bridgehead atoms. The van der Waals surface area contributed by atoms with E-state index in [1.165, 1.54) is 17.5 Å². The molecule has 22 heavy (non-hydrogen) atoms. The Morgan fingerprint density at radius 2 is 2.27 bits per heavy atom. The van der Waals surface area contributed by atoms with Crippen molar-refractivity contribution in [1.82, 2.24) is 4.98 Å². The van der Waals surface area contributed by atoms with Crippen LogP contribution in [0.2, 0.25) is 5.02 Å². The largest absolute Gasteiger partial charge is 0.465 e. The predicted molar refractivity (Wildman–Crippen MR) is 86.8 cm³/mol. The van der Waals surface area contributed by atoms with Crippen LogP contribution in [0.3, 0.4) is 0 Å². The van der Waals surface area contributed by atoms with Gasteiger partial charge in [0, 0.05) is 29.3 Å². The number of nitrogens with zero attached hydrogens (tertiary/aromatic N) is 3. The van der Waals surface area contributed by atoms with Gasteiger partial charge in [-0.15, -0.1) is 11.3 Å². The molecule has 0 aromatic carbocycles. The Balaban J connectivity index is 2.04. The second-order valence-corrected chi connectivity index (χ2v) is 6.64. The molecule has 1 atom stereocenters. The van der Waals surface area contributed by atoms with Crippen molar-refractivity contribution in [2.75, 3.05) is 6.61 Å². The summed E-state index contributed by atoms with van der Waals surface area (Å²) in [6.07, 6.45) is 3.96. The van der Waals surface area contributed by atoms with Gasteiger partial charge in [-0.1, -0.05) is 11.6 Å². The average Bonchev–Trinajstić information content (AvgIpc) is 2.90. The maximum Gasteiger partial charge on any atom is 0.282 e. The first-order valence-electron chi connectivity index (χ1n) is 6.65. The highest BCUT2D eigenvalue weighted by molar-refractivity contribution is 7.16. The van der Waals surface area contributed by atoms with Gasteiger partial charge >= 0.3 is 0 Å². The number of thiophene rings is 1. The van der Waals surface area contributed by atoms with Crippen LogP contribution in [0.4, 0.5) is 0 Å². The Labute approximate surface area is 137 Å². The molecule has 3 rings (SSSR count). The third-order valence-electron chi connectivity index (χ3n) is 3.52. The topological polar surface area (TPSA) is 84.3 Å². The predicted octanol–water partition coefficient (Wildman–Crippen LogP) is 3.29. The molecule has 0 amide bonds. The fraction of sp³-hybridized carbons (Fsp3) is 0.267. The van der Waals surface area contributed by atoms with Crippen LogP contribution < -0.4 is 5.73 Å². The first-order valence-corrected chi connectivity index (χ1v) is 7.85. The van der Waals surface area contributed by atoms with E-state index in [-0.39, 0.29) is 6.02 Å². The number of aliphatic imine (C=N–C) groups is 1. The molecule has 2 aromatic rings. The summed E-state index contributed by atoms with van der Waals surface area (Å²) in [5, 5.41) is 9.63. The fourth-order valence-corrected chi connectivity index (χ4v) is 4.01. The van der Waals surface area contributed by atoms with Crippen LogP contribution in [0.25, 0.3) is 10.4 Å². The van der Waals surface area contributed by atoms with E-state index in [1.54, 1.807) is 12.3 Å². The number of hydrogen-bond acceptors (Lipinski definition) is 6. The molecule has 2 N–H and O–H groups in total. The van der Waals surface area contributed by atoms with Crippen LogP contribution in [0.1, 0.15) is 23.8 Å². The summed E-state index contributed by atoms with van der Waals surface area (Å²) in [5.74, 6) is 0. The van der Waals surface area contributed by atoms with Crippen molar-refractivity contribution in [2.24, 2.45) is 10.7 Å². The molecule has 112 valence electrons. The van der Waals surface area contributed by atoms with E-state index in [0.29, 0.717) is 23.6 Å². The van der Waals surface area contributed by atoms with Gasteiger partial charge in [-0.3, -0.25) is 4.98 Å². The van der Waals surface area contributed by atoms with Crippen molar-refractivity contribution < 1.29 is 4.74 Å². The zero-order valence-corrected chi connectivity index (χ0v) is 13.4. The summed E-state index contributed by atoms with van der Waals surface area (Å²) in [4.78, 5) is 10.4. The molecule has 0 saturated heterocycles. The summed E-state index contributed by atoms with van der Waals surface area (Å²) in [7, 11) is 0. The highest BCUT2D eigenvalue weighted by Gasteiger charge is 2.34. The zero-order chi connectivity index (χ0) is 15.7. The number of nitrogens with two attached hydrogens (primary N) is 1. The number of halogens is 1. The first kappa shape index (κ1) is 14.8. The van der Waals surface area contributed by atoms with E-state index in [0.717, 1.165) is 15.3 Å². The molecule has 0 saturated carbocycles. The summed E-state index contributed by atoms with van der Waals surface area (Å²) in [6, 6.07) is 5.95. The lowest BCUT2D eigenvalue weighted by atomic mass is 9.96. The summed E-state index contributed by atoms with van der Waals surface area (Å²) in [6.45, 7) is 2.51. The van der Waals surface area contributed by atoms with E-state index in [2.05, 4.69) is 16.0 Å². The van der Waals surface area contributed by atoms with Gasteiger partial charge in [0.15, 0.2) is 0 Å². The number of rotatable bonds is 2. The van der Waals surface area contributed by atoms with Crippen molar-refractivity contribution in [3.05, 3.63) is 40.0 Å². The Bertz CT molecular complexity index is 795. The second kappa shape index (κ2) is 5.59. The van der Waals surface area contributed by atoms with Crippen molar-refractivity contribution in [3.8, 4) is 16.5 Å². The number of nitriles is 1. The Morgan fingerprint density at radius 1 is 1.45 bits per heavy atom. The van der Waals surface area contributed by atoms with Crippen LogP contribution in [0, 0.1) is 11.3 Å². The van der Waals surface area contributed by atoms with Gasteiger partial charge in [-0.25, -0.2) is 4.99 Å². The van der Waals surface area contributed by atoms with Crippen LogP contribution in [0.5, 0.6) is 0 Å². The lowest BCUT2D eigenvalue weighted by Crippen LogP contribution is -2.33. The molecule has 7 heteroatoms. The molecule has 3 heterocycles. The molecule has 0 unspecified atom stereocenters. The van der Waals surface area contributed by atoms with E-state index < -0.39 is 5.54 Å². The van der Waals surface area contributed by atoms with Crippen molar-refractivity contribution >= 4 is 29.0 Å². The van der Waals surface area contributed by atoms with E-state index in [4.69, 9.17) is 27.3 Å². The Morgan fingerprint density at radius 3 is 3.00 bits per heavy atom. The average molecular weight is 333 g/mol. The molecule has 0 radical (unpaired) electrons. The normalized spacial score (nSPS) is 20.9. The Kier molecular flexibility index (Phi) is 3.77. The minimum absolute atomic E-state index is 0.188. The number of ether oxygens (including phenoxy) is 1. The molecule has 1 aliphatic rings. The van der Waals surface area contributed by atoms with E-state index in [1.807, 2.05) is 13.0 Å². The lowest BCUT2D eigenvalue weighted by molar-refractivity contribution is 0.220. The van der Waals surface area contributed by atoms with Crippen molar-refractivity contribution in [3.63, 3.8) is 0 Å². The van der Waals surface area contributed by atoms with Crippen molar-refractivity contribution in [2.45, 2.75) is 18.9 Å². The smallest absolute Gasteiger partial charge is 0.282 e. The van der Waals surface area contributed by atoms with Gasteiger partial charge in [0.1, 0.15) is 11.6 Å². The molecule has 1 aliphatic heterocycles. The lowest BCUT2D eigenvalue weighted by Gasteiger charge is -2.28. The van der Waals surface area contributed by atoms with Gasteiger partial charge < -0.3 is 10.5 Å². The quantitative estimate of drug-likeness (QED) is 0.914. The third kappa shape index (κ3) is 2.65. The zero-order valence-electron chi connectivity index (χ0n) is 11.8. The van der Waals surface area contributed by atoms with Crippen LogP contribution >= 0.6 is 22.9 Å². The monoisotopic (exact) mass is 332 g/mol. The van der Waals surface area contributed by atoms with Gasteiger partial charge in [0.25, 0.3) is 6.02 Å². The van der Waals surface area contributed by atoms with Crippen LogP contribution in [0.15, 0.2) is 29.5 Å². The molecular weight excluding hydrogens is 320 g/mol. The summed E-state index contributed by atoms with van der Waals surface area (Å²) in [5.41, 5.74) is 6.60. The van der Waals surface area contributed by atoms with Gasteiger partial charge in [0.05, 0.1) is 22.1 Å². The summed E-state index contributed by atoms with van der Waals surface area (Å²) < 4.78 is 5.20. The van der Waals surface area contributed by atoms with Gasteiger partial charge in [-0.05, 0) is 19.1 Å². The SMILES string of the molecule is C[C@@]1(c2sc(-c3cncc(C#N)c3)cc2Cl)CCOC(N)=N1.